The Labute approximate surface area is 143 Å². The average molecular weight is 369 g/mol. The van der Waals surface area contributed by atoms with E-state index in [1.54, 1.807) is 12.1 Å². The summed E-state index contributed by atoms with van der Waals surface area (Å²) in [6, 6.07) is 9.72. The first-order valence-corrected chi connectivity index (χ1v) is 8.48. The van der Waals surface area contributed by atoms with Gasteiger partial charge in [0.1, 0.15) is 4.90 Å². The Bertz CT molecular complexity index is 895. The van der Waals surface area contributed by atoms with Gasteiger partial charge in [-0.1, -0.05) is 29.3 Å². The number of hydrogen-bond donors (Lipinski definition) is 3. The van der Waals surface area contributed by atoms with Gasteiger partial charge in [0.25, 0.3) is 15.9 Å². The highest BCUT2D eigenvalue weighted by molar-refractivity contribution is 7.89. The van der Waals surface area contributed by atoms with Crippen molar-refractivity contribution in [3.8, 4) is 0 Å². The minimum absolute atomic E-state index is 0.169. The molecular weight excluding hydrogens is 356 g/mol. The molecule has 0 aromatic heterocycles. The Kier molecular flexibility index (Phi) is 5.23. The fraction of sp³-hybridized carbons (Fsp3) is 0.0667. The molecule has 0 aliphatic carbocycles. The van der Waals surface area contributed by atoms with Gasteiger partial charge in [0.05, 0.1) is 10.6 Å². The van der Waals surface area contributed by atoms with E-state index in [-0.39, 0.29) is 16.1 Å². The third-order valence-corrected chi connectivity index (χ3v) is 4.81. The molecule has 0 spiro atoms. The Morgan fingerprint density at radius 2 is 1.62 bits per heavy atom. The molecule has 126 valence electrons. The van der Waals surface area contributed by atoms with E-state index in [4.69, 9.17) is 16.7 Å². The van der Waals surface area contributed by atoms with Crippen LogP contribution in [0.3, 0.4) is 0 Å². The summed E-state index contributed by atoms with van der Waals surface area (Å²) in [6.45, 7) is 1.85. The molecule has 2 aromatic rings. The van der Waals surface area contributed by atoms with Gasteiger partial charge >= 0.3 is 5.97 Å². The van der Waals surface area contributed by atoms with Crippen LogP contribution in [0.2, 0.25) is 5.02 Å². The smallest absolute Gasteiger partial charge is 0.335 e. The third-order valence-electron chi connectivity index (χ3n) is 3.08. The molecule has 7 nitrogen and oxygen atoms in total. The van der Waals surface area contributed by atoms with Gasteiger partial charge in [-0.15, -0.1) is 4.83 Å². The van der Waals surface area contributed by atoms with E-state index in [2.05, 4.69) is 5.43 Å². The largest absolute Gasteiger partial charge is 0.478 e. The van der Waals surface area contributed by atoms with Crippen molar-refractivity contribution < 1.29 is 23.1 Å². The lowest BCUT2D eigenvalue weighted by Gasteiger charge is -2.10. The predicted octanol–water partition coefficient (Wildman–Crippen LogP) is 1.97. The van der Waals surface area contributed by atoms with E-state index in [1.165, 1.54) is 18.2 Å². The van der Waals surface area contributed by atoms with Gasteiger partial charge in [0, 0.05) is 5.56 Å². The van der Waals surface area contributed by atoms with Crippen LogP contribution in [0.15, 0.2) is 47.4 Å². The SMILES string of the molecule is Cc1ccc(C(=O)NNS(=O)(=O)c2cc(C(=O)O)ccc2Cl)cc1. The van der Waals surface area contributed by atoms with Crippen molar-refractivity contribution in [2.75, 3.05) is 0 Å². The number of carbonyl (C=O) groups excluding carboxylic acids is 1. The van der Waals surface area contributed by atoms with Gasteiger partial charge in [0.15, 0.2) is 0 Å². The maximum Gasteiger partial charge on any atom is 0.335 e. The highest BCUT2D eigenvalue weighted by Crippen LogP contribution is 2.22. The first-order chi connectivity index (χ1) is 11.2. The van der Waals surface area contributed by atoms with Crippen LogP contribution in [0, 0.1) is 6.92 Å². The summed E-state index contributed by atoms with van der Waals surface area (Å²) in [6.07, 6.45) is 0. The van der Waals surface area contributed by atoms with Gasteiger partial charge in [-0.3, -0.25) is 10.2 Å². The number of nitrogens with one attached hydrogen (secondary N) is 2. The van der Waals surface area contributed by atoms with Gasteiger partial charge in [-0.2, -0.15) is 0 Å². The van der Waals surface area contributed by atoms with Crippen molar-refractivity contribution in [2.45, 2.75) is 11.8 Å². The molecule has 0 saturated heterocycles. The number of benzene rings is 2. The van der Waals surface area contributed by atoms with Crippen LogP contribution >= 0.6 is 11.6 Å². The Balaban J connectivity index is 2.19. The molecule has 9 heteroatoms. The molecular formula is C15H13ClN2O5S. The molecule has 24 heavy (non-hydrogen) atoms. The van der Waals surface area contributed by atoms with Crippen LogP contribution in [0.5, 0.6) is 0 Å². The minimum Gasteiger partial charge on any atom is -0.478 e. The minimum atomic E-state index is -4.24. The molecule has 1 amide bonds. The monoisotopic (exact) mass is 368 g/mol. The second-order valence-corrected chi connectivity index (χ2v) is 6.93. The molecule has 0 saturated carbocycles. The standard InChI is InChI=1S/C15H13ClN2O5S/c1-9-2-4-10(5-3-9)14(19)17-18-24(22,23)13-8-11(15(20)21)6-7-12(13)16/h2-8,18H,1H3,(H,17,19)(H,20,21). The summed E-state index contributed by atoms with van der Waals surface area (Å²) in [7, 11) is -4.24. The molecule has 0 fully saturated rings. The van der Waals surface area contributed by atoms with Crippen LogP contribution in [0.25, 0.3) is 0 Å². The Morgan fingerprint density at radius 1 is 1.04 bits per heavy atom. The van der Waals surface area contributed by atoms with Crippen LogP contribution in [0.1, 0.15) is 26.3 Å². The van der Waals surface area contributed by atoms with Crippen LogP contribution in [-0.2, 0) is 10.0 Å². The summed E-state index contributed by atoms with van der Waals surface area (Å²) in [4.78, 5) is 24.3. The number of aromatic carboxylic acids is 1. The van der Waals surface area contributed by atoms with Crippen LogP contribution < -0.4 is 10.3 Å². The summed E-state index contributed by atoms with van der Waals surface area (Å²) >= 11 is 5.81. The lowest BCUT2D eigenvalue weighted by Crippen LogP contribution is -2.41. The van der Waals surface area contributed by atoms with Crippen molar-refractivity contribution in [1.82, 2.24) is 10.3 Å². The number of sulfonamides is 1. The summed E-state index contributed by atoms with van der Waals surface area (Å²) in [5, 5.41) is 8.76. The quantitative estimate of drug-likeness (QED) is 0.698. The van der Waals surface area contributed by atoms with Crippen LogP contribution in [0.4, 0.5) is 0 Å². The topological polar surface area (TPSA) is 113 Å². The maximum absolute atomic E-state index is 12.2. The highest BCUT2D eigenvalue weighted by Gasteiger charge is 2.21. The first-order valence-electron chi connectivity index (χ1n) is 6.62. The molecule has 2 rings (SSSR count). The van der Waals surface area contributed by atoms with Gasteiger partial charge in [-0.25, -0.2) is 13.2 Å². The zero-order valence-electron chi connectivity index (χ0n) is 12.4. The number of aryl methyl sites for hydroxylation is 1. The summed E-state index contributed by atoms with van der Waals surface area (Å²) in [5.74, 6) is -1.96. The van der Waals surface area contributed by atoms with E-state index in [0.717, 1.165) is 17.7 Å². The maximum atomic E-state index is 12.2. The fourth-order valence-corrected chi connectivity index (χ4v) is 3.15. The molecule has 0 aliphatic rings. The number of hydrogen-bond acceptors (Lipinski definition) is 4. The third kappa shape index (κ3) is 4.10. The van der Waals surface area contributed by atoms with Crippen LogP contribution in [-0.4, -0.2) is 25.4 Å². The highest BCUT2D eigenvalue weighted by atomic mass is 35.5. The lowest BCUT2D eigenvalue weighted by atomic mass is 10.1. The number of halogens is 1. The number of rotatable bonds is 5. The van der Waals surface area contributed by atoms with E-state index < -0.39 is 26.8 Å². The van der Waals surface area contributed by atoms with E-state index in [1.807, 2.05) is 11.8 Å². The molecule has 2 aromatic carbocycles. The molecule has 0 bridgehead atoms. The number of hydrazine groups is 1. The zero-order valence-corrected chi connectivity index (χ0v) is 14.0. The number of carboxylic acids is 1. The van der Waals surface area contributed by atoms with Crippen molar-refractivity contribution in [3.63, 3.8) is 0 Å². The normalized spacial score (nSPS) is 11.1. The van der Waals surface area contributed by atoms with Crippen molar-refractivity contribution in [1.29, 1.82) is 0 Å². The molecule has 3 N–H and O–H groups in total. The van der Waals surface area contributed by atoms with Crippen molar-refractivity contribution >= 4 is 33.5 Å². The second kappa shape index (κ2) is 7.00. The molecule has 0 aliphatic heterocycles. The molecule has 0 radical (unpaired) electrons. The molecule has 0 heterocycles. The predicted molar refractivity (Wildman–Crippen MR) is 87.4 cm³/mol. The number of carboxylic acid groups (broad SMARTS) is 1. The zero-order chi connectivity index (χ0) is 17.9. The van der Waals surface area contributed by atoms with E-state index in [9.17, 15) is 18.0 Å². The van der Waals surface area contributed by atoms with Gasteiger partial charge < -0.3 is 5.11 Å². The Morgan fingerprint density at radius 3 is 2.21 bits per heavy atom. The molecule has 0 unspecified atom stereocenters. The second-order valence-electron chi connectivity index (χ2n) is 4.88. The number of amides is 1. The molecule has 0 atom stereocenters. The van der Waals surface area contributed by atoms with E-state index in [0.29, 0.717) is 0 Å². The summed E-state index contributed by atoms with van der Waals surface area (Å²) < 4.78 is 24.4. The first kappa shape index (κ1) is 17.9. The van der Waals surface area contributed by atoms with E-state index >= 15 is 0 Å². The Hall–Kier alpha value is -2.42. The lowest BCUT2D eigenvalue weighted by molar-refractivity contribution is 0.0696. The number of carbonyl (C=O) groups is 2. The van der Waals surface area contributed by atoms with Gasteiger partial charge in [0.2, 0.25) is 0 Å². The average Bonchev–Trinajstić information content (AvgIpc) is 2.53. The fourth-order valence-electron chi connectivity index (χ4n) is 1.79. The van der Waals surface area contributed by atoms with Crippen molar-refractivity contribution in [3.05, 3.63) is 64.2 Å². The van der Waals surface area contributed by atoms with Crippen molar-refractivity contribution in [2.24, 2.45) is 0 Å². The van der Waals surface area contributed by atoms with Gasteiger partial charge in [-0.05, 0) is 37.3 Å². The summed E-state index contributed by atoms with van der Waals surface area (Å²) in [5.41, 5.74) is 3.01.